The van der Waals surface area contributed by atoms with Crippen LogP contribution >= 0.6 is 23.2 Å². The van der Waals surface area contributed by atoms with Gasteiger partial charge in [-0.2, -0.15) is 0 Å². The number of amides is 2. The van der Waals surface area contributed by atoms with Crippen LogP contribution in [-0.2, 0) is 14.4 Å². The Morgan fingerprint density at radius 3 is 1.94 bits per heavy atom. The van der Waals surface area contributed by atoms with Crippen LogP contribution in [0.15, 0.2) is 36.4 Å². The van der Waals surface area contributed by atoms with Gasteiger partial charge in [0.05, 0.1) is 10.0 Å². The number of fused-ring (bicyclic) bond motifs is 2. The third kappa shape index (κ3) is 5.67. The molecule has 4 rings (SSSR count). The summed E-state index contributed by atoms with van der Waals surface area (Å²) < 4.78 is 37.8. The Hall–Kier alpha value is -2.91. The molecule has 0 aromatic heterocycles. The van der Waals surface area contributed by atoms with Crippen LogP contribution in [0.1, 0.15) is 32.1 Å². The lowest BCUT2D eigenvalue weighted by molar-refractivity contribution is -0.135. The summed E-state index contributed by atoms with van der Waals surface area (Å²) in [6.45, 7) is -0.761. The standard InChI is InChI=1S/C24H22Cl2F2N2O5/c25-16-3-1-14(9-18(16)27)34-11-21(32)29-23-6-5-20(31)24(13-23,8-7-23)30-22(33)12-35-15-2-4-17(26)19(28)10-15/h1-4,9-10H,5-8,11-13H2,(H,29,32)(H,30,33)/t23-,24?/m0/s1. The molecule has 0 spiro atoms. The van der Waals surface area contributed by atoms with E-state index in [4.69, 9.17) is 32.7 Å². The molecule has 2 fully saturated rings. The van der Waals surface area contributed by atoms with E-state index in [0.29, 0.717) is 19.3 Å². The molecule has 2 amide bonds. The van der Waals surface area contributed by atoms with E-state index in [-0.39, 0.29) is 46.8 Å². The minimum atomic E-state index is -1.11. The predicted molar refractivity (Wildman–Crippen MR) is 124 cm³/mol. The Kier molecular flexibility index (Phi) is 7.19. The van der Waals surface area contributed by atoms with Crippen LogP contribution in [0.3, 0.4) is 0 Å². The van der Waals surface area contributed by atoms with E-state index in [1.54, 1.807) is 0 Å². The van der Waals surface area contributed by atoms with Gasteiger partial charge in [0.1, 0.15) is 28.7 Å². The molecule has 2 aromatic carbocycles. The first-order valence-corrected chi connectivity index (χ1v) is 11.7. The van der Waals surface area contributed by atoms with Gasteiger partial charge in [-0.3, -0.25) is 14.4 Å². The monoisotopic (exact) mass is 526 g/mol. The third-order valence-corrected chi connectivity index (χ3v) is 6.95. The molecule has 0 radical (unpaired) electrons. The van der Waals surface area contributed by atoms with Crippen molar-refractivity contribution in [1.82, 2.24) is 10.6 Å². The van der Waals surface area contributed by atoms with Gasteiger partial charge in [0, 0.05) is 30.5 Å². The molecule has 0 saturated heterocycles. The summed E-state index contributed by atoms with van der Waals surface area (Å²) in [5, 5.41) is 5.58. The smallest absolute Gasteiger partial charge is 0.258 e. The SMILES string of the molecule is O=C(COc1ccc(Cl)c(F)c1)NC12CC[C@@](NC(=O)COc3ccc(Cl)c(F)c3)(CCC1=O)C2. The maximum absolute atomic E-state index is 13.6. The molecule has 2 N–H and O–H groups in total. The van der Waals surface area contributed by atoms with E-state index < -0.39 is 41.1 Å². The molecular weight excluding hydrogens is 505 g/mol. The van der Waals surface area contributed by atoms with Crippen molar-refractivity contribution in [2.45, 2.75) is 43.2 Å². The van der Waals surface area contributed by atoms with Crippen molar-refractivity contribution in [3.63, 3.8) is 0 Å². The fourth-order valence-corrected chi connectivity index (χ4v) is 4.90. The summed E-state index contributed by atoms with van der Waals surface area (Å²) in [5.41, 5.74) is -1.79. The van der Waals surface area contributed by atoms with E-state index in [1.165, 1.54) is 24.3 Å². The number of carbonyl (C=O) groups excluding carboxylic acids is 3. The number of Topliss-reactive ketones (excluding diaryl/α,β-unsaturated/α-hetero) is 1. The normalized spacial score (nSPS) is 23.0. The molecule has 11 heteroatoms. The van der Waals surface area contributed by atoms with E-state index >= 15 is 0 Å². The van der Waals surface area contributed by atoms with Crippen molar-refractivity contribution < 1.29 is 32.6 Å². The van der Waals surface area contributed by atoms with Gasteiger partial charge in [-0.1, -0.05) is 23.2 Å². The first-order chi connectivity index (χ1) is 16.6. The average Bonchev–Trinajstić information content (AvgIpc) is 3.12. The molecule has 2 aromatic rings. The van der Waals surface area contributed by atoms with Crippen LogP contribution in [-0.4, -0.2) is 41.9 Å². The number of carbonyl (C=O) groups is 3. The Bertz CT molecular complexity index is 1180. The zero-order valence-electron chi connectivity index (χ0n) is 18.5. The van der Waals surface area contributed by atoms with Gasteiger partial charge in [0.25, 0.3) is 11.8 Å². The topological polar surface area (TPSA) is 93.7 Å². The third-order valence-electron chi connectivity index (χ3n) is 6.34. The minimum Gasteiger partial charge on any atom is -0.484 e. The molecule has 186 valence electrons. The van der Waals surface area contributed by atoms with Gasteiger partial charge in [-0.25, -0.2) is 8.78 Å². The number of nitrogens with one attached hydrogen (secondary N) is 2. The zero-order valence-corrected chi connectivity index (χ0v) is 20.0. The lowest BCUT2D eigenvalue weighted by Gasteiger charge is -2.39. The van der Waals surface area contributed by atoms with Crippen LogP contribution in [0.2, 0.25) is 10.0 Å². The number of benzene rings is 2. The number of ketones is 1. The van der Waals surface area contributed by atoms with Gasteiger partial charge >= 0.3 is 0 Å². The quantitative estimate of drug-likeness (QED) is 0.542. The molecule has 1 unspecified atom stereocenters. The number of hydrogen-bond donors (Lipinski definition) is 2. The fourth-order valence-electron chi connectivity index (χ4n) is 4.66. The highest BCUT2D eigenvalue weighted by molar-refractivity contribution is 6.31. The second-order valence-electron chi connectivity index (χ2n) is 8.79. The van der Waals surface area contributed by atoms with Crippen molar-refractivity contribution >= 4 is 40.8 Å². The molecule has 2 aliphatic rings. The van der Waals surface area contributed by atoms with Gasteiger partial charge < -0.3 is 20.1 Å². The summed E-state index contributed by atoms with van der Waals surface area (Å²) in [7, 11) is 0. The lowest BCUT2D eigenvalue weighted by Crippen LogP contribution is -2.60. The van der Waals surface area contributed by atoms with E-state index in [2.05, 4.69) is 10.6 Å². The average molecular weight is 527 g/mol. The Morgan fingerprint density at radius 1 is 0.857 bits per heavy atom. The van der Waals surface area contributed by atoms with Crippen LogP contribution in [0.5, 0.6) is 11.5 Å². The zero-order chi connectivity index (χ0) is 25.2. The van der Waals surface area contributed by atoms with Gasteiger partial charge in [-0.15, -0.1) is 0 Å². The van der Waals surface area contributed by atoms with Gasteiger partial charge in [0.2, 0.25) is 0 Å². The number of hydrogen-bond acceptors (Lipinski definition) is 5. The molecular formula is C24H22Cl2F2N2O5. The number of rotatable bonds is 8. The Labute approximate surface area is 210 Å². The lowest BCUT2D eigenvalue weighted by atomic mass is 9.77. The minimum absolute atomic E-state index is 0.0531. The summed E-state index contributed by atoms with van der Waals surface area (Å²) in [4.78, 5) is 37.9. The van der Waals surface area contributed by atoms with Crippen molar-refractivity contribution in [3.05, 3.63) is 58.1 Å². The number of halogens is 4. The van der Waals surface area contributed by atoms with Crippen LogP contribution in [0.25, 0.3) is 0 Å². The maximum Gasteiger partial charge on any atom is 0.258 e. The molecule has 0 heterocycles. The first kappa shape index (κ1) is 25.2. The predicted octanol–water partition coefficient (Wildman–Crippen LogP) is 3.99. The van der Waals surface area contributed by atoms with Crippen LogP contribution < -0.4 is 20.1 Å². The second-order valence-corrected chi connectivity index (χ2v) is 9.60. The first-order valence-electron chi connectivity index (χ1n) is 10.9. The molecule has 0 aliphatic heterocycles. The molecule has 7 nitrogen and oxygen atoms in total. The van der Waals surface area contributed by atoms with Crippen molar-refractivity contribution in [2.24, 2.45) is 0 Å². The molecule has 2 saturated carbocycles. The van der Waals surface area contributed by atoms with E-state index in [9.17, 15) is 23.2 Å². The van der Waals surface area contributed by atoms with Crippen molar-refractivity contribution in [1.29, 1.82) is 0 Å². The van der Waals surface area contributed by atoms with Crippen LogP contribution in [0, 0.1) is 11.6 Å². The molecule has 2 aliphatic carbocycles. The van der Waals surface area contributed by atoms with E-state index in [0.717, 1.165) is 12.1 Å². The fraction of sp³-hybridized carbons (Fsp3) is 0.375. The molecule has 2 atom stereocenters. The molecule has 35 heavy (non-hydrogen) atoms. The van der Waals surface area contributed by atoms with Crippen molar-refractivity contribution in [3.8, 4) is 11.5 Å². The summed E-state index contributed by atoms with van der Waals surface area (Å²) in [5.74, 6) is -2.12. The highest BCUT2D eigenvalue weighted by Gasteiger charge is 2.57. The van der Waals surface area contributed by atoms with Gasteiger partial charge in [0.15, 0.2) is 19.0 Å². The summed E-state index contributed by atoms with van der Waals surface area (Å²) >= 11 is 11.3. The van der Waals surface area contributed by atoms with Gasteiger partial charge in [-0.05, 0) is 43.5 Å². The summed E-state index contributed by atoms with van der Waals surface area (Å²) in [6.07, 6.45) is 1.71. The van der Waals surface area contributed by atoms with E-state index in [1.807, 2.05) is 0 Å². The Morgan fingerprint density at radius 2 is 1.40 bits per heavy atom. The Balaban J connectivity index is 1.33. The van der Waals surface area contributed by atoms with Crippen molar-refractivity contribution in [2.75, 3.05) is 13.2 Å². The highest BCUT2D eigenvalue weighted by atomic mass is 35.5. The molecule has 2 bridgehead atoms. The largest absolute Gasteiger partial charge is 0.484 e. The second kappa shape index (κ2) is 9.99. The highest BCUT2D eigenvalue weighted by Crippen LogP contribution is 2.46. The maximum atomic E-state index is 13.6. The van der Waals surface area contributed by atoms with Crippen LogP contribution in [0.4, 0.5) is 8.78 Å². The summed E-state index contributed by atoms with van der Waals surface area (Å²) in [6, 6.07) is 7.68. The number of ether oxygens (including phenoxy) is 2.